The number of hydrogen-bond donors (Lipinski definition) is 2. The molecule has 0 radical (unpaired) electrons. The molecule has 4 nitrogen and oxygen atoms in total. The van der Waals surface area contributed by atoms with Crippen LogP contribution >= 0.6 is 11.3 Å². The first-order chi connectivity index (χ1) is 10.8. The minimum Gasteiger partial charge on any atom is -0.497 e. The predicted molar refractivity (Wildman–Crippen MR) is 93.8 cm³/mol. The summed E-state index contributed by atoms with van der Waals surface area (Å²) in [5.41, 5.74) is 2.61. The van der Waals surface area contributed by atoms with Crippen LogP contribution < -0.4 is 15.4 Å². The summed E-state index contributed by atoms with van der Waals surface area (Å²) in [7, 11) is 3.49. The van der Waals surface area contributed by atoms with Crippen molar-refractivity contribution < 1.29 is 4.74 Å². The van der Waals surface area contributed by atoms with Gasteiger partial charge in [0, 0.05) is 20.1 Å². The fraction of sp³-hybridized carbons (Fsp3) is 0.353. The second-order valence-electron chi connectivity index (χ2n) is 4.94. The lowest BCUT2D eigenvalue weighted by Gasteiger charge is -2.11. The monoisotopic (exact) mass is 317 g/mol. The minimum absolute atomic E-state index is 0.807. The largest absolute Gasteiger partial charge is 0.497 e. The number of rotatable bonds is 7. The molecule has 0 aliphatic carbocycles. The van der Waals surface area contributed by atoms with Crippen LogP contribution in [0.2, 0.25) is 0 Å². The zero-order chi connectivity index (χ0) is 15.6. The van der Waals surface area contributed by atoms with E-state index in [0.29, 0.717) is 0 Å². The lowest BCUT2D eigenvalue weighted by molar-refractivity contribution is 0.414. The molecule has 5 heteroatoms. The van der Waals surface area contributed by atoms with E-state index in [1.165, 1.54) is 11.1 Å². The summed E-state index contributed by atoms with van der Waals surface area (Å²) in [5.74, 6) is 1.75. The van der Waals surface area contributed by atoms with Crippen LogP contribution in [0.15, 0.2) is 46.1 Å². The van der Waals surface area contributed by atoms with Crippen LogP contribution in [0.1, 0.15) is 17.5 Å². The van der Waals surface area contributed by atoms with E-state index in [1.807, 2.05) is 12.1 Å². The Bertz CT molecular complexity index is 564. The third-order valence-corrected chi connectivity index (χ3v) is 4.09. The van der Waals surface area contributed by atoms with Gasteiger partial charge in [0.05, 0.1) is 7.11 Å². The number of ether oxygens (including phenoxy) is 1. The highest BCUT2D eigenvalue weighted by atomic mass is 32.1. The Morgan fingerprint density at radius 2 is 1.95 bits per heavy atom. The molecule has 0 aliphatic heterocycles. The molecule has 0 atom stereocenters. The molecule has 2 aromatic rings. The maximum absolute atomic E-state index is 5.16. The quantitative estimate of drug-likeness (QED) is 0.469. The molecule has 0 fully saturated rings. The summed E-state index contributed by atoms with van der Waals surface area (Å²) in [5, 5.41) is 10.9. The van der Waals surface area contributed by atoms with Crippen molar-refractivity contribution in [3.63, 3.8) is 0 Å². The zero-order valence-corrected chi connectivity index (χ0v) is 14.0. The fourth-order valence-corrected chi connectivity index (χ4v) is 2.76. The lowest BCUT2D eigenvalue weighted by Crippen LogP contribution is -2.37. The second-order valence-corrected chi connectivity index (χ2v) is 5.72. The smallest absolute Gasteiger partial charge is 0.191 e. The van der Waals surface area contributed by atoms with Gasteiger partial charge in [0.25, 0.3) is 0 Å². The average Bonchev–Trinajstić information content (AvgIpc) is 3.08. The molecular formula is C17H23N3OS. The summed E-state index contributed by atoms with van der Waals surface area (Å²) >= 11 is 1.71. The average molecular weight is 317 g/mol. The number of aliphatic imine (C=N–C) groups is 1. The highest BCUT2D eigenvalue weighted by Gasteiger charge is 1.99. The molecule has 2 N–H and O–H groups in total. The first-order valence-corrected chi connectivity index (χ1v) is 8.34. The van der Waals surface area contributed by atoms with E-state index >= 15 is 0 Å². The molecule has 118 valence electrons. The van der Waals surface area contributed by atoms with E-state index in [9.17, 15) is 0 Å². The van der Waals surface area contributed by atoms with Gasteiger partial charge >= 0.3 is 0 Å². The van der Waals surface area contributed by atoms with Crippen LogP contribution in [0, 0.1) is 0 Å². The van der Waals surface area contributed by atoms with Crippen LogP contribution in [0.4, 0.5) is 0 Å². The van der Waals surface area contributed by atoms with Gasteiger partial charge in [-0.05, 0) is 52.9 Å². The van der Waals surface area contributed by atoms with Crippen molar-refractivity contribution in [3.05, 3.63) is 52.2 Å². The van der Waals surface area contributed by atoms with E-state index in [1.54, 1.807) is 25.5 Å². The Labute approximate surface area is 136 Å². The number of methoxy groups -OCH3 is 1. The van der Waals surface area contributed by atoms with Crippen LogP contribution in [-0.2, 0) is 13.0 Å². The van der Waals surface area contributed by atoms with Gasteiger partial charge in [-0.2, -0.15) is 11.3 Å². The molecule has 0 bridgehead atoms. The summed E-state index contributed by atoms with van der Waals surface area (Å²) in [6.07, 6.45) is 2.10. The van der Waals surface area contributed by atoms with Gasteiger partial charge in [-0.3, -0.25) is 4.99 Å². The summed E-state index contributed by atoms with van der Waals surface area (Å²) < 4.78 is 5.16. The molecule has 0 amide bonds. The van der Waals surface area contributed by atoms with Crippen molar-refractivity contribution in [2.45, 2.75) is 19.4 Å². The Kier molecular flexibility index (Phi) is 6.77. The number of nitrogens with one attached hydrogen (secondary N) is 2. The maximum Gasteiger partial charge on any atom is 0.191 e. The Hall–Kier alpha value is -2.01. The Morgan fingerprint density at radius 3 is 2.59 bits per heavy atom. The predicted octanol–water partition coefficient (Wildman–Crippen LogP) is 3.05. The summed E-state index contributed by atoms with van der Waals surface area (Å²) in [6.45, 7) is 1.71. The van der Waals surface area contributed by atoms with Gasteiger partial charge in [0.1, 0.15) is 5.75 Å². The van der Waals surface area contributed by atoms with Gasteiger partial charge in [-0.1, -0.05) is 12.1 Å². The number of hydrogen-bond acceptors (Lipinski definition) is 3. The lowest BCUT2D eigenvalue weighted by atomic mass is 10.1. The van der Waals surface area contributed by atoms with Crippen molar-refractivity contribution in [1.82, 2.24) is 10.6 Å². The molecule has 1 aromatic carbocycles. The number of aryl methyl sites for hydroxylation is 1. The Balaban J connectivity index is 1.65. The standard InChI is InChI=1S/C17H23N3OS/c1-18-17(20-12-15-9-11-22-13-15)19-10-3-4-14-5-7-16(21-2)8-6-14/h5-9,11,13H,3-4,10,12H2,1-2H3,(H2,18,19,20). The van der Waals surface area contributed by atoms with E-state index < -0.39 is 0 Å². The fourth-order valence-electron chi connectivity index (χ4n) is 2.09. The number of guanidine groups is 1. The summed E-state index contributed by atoms with van der Waals surface area (Å²) in [6, 6.07) is 10.4. The van der Waals surface area contributed by atoms with Gasteiger partial charge in [0.2, 0.25) is 0 Å². The van der Waals surface area contributed by atoms with Crippen molar-refractivity contribution in [2.75, 3.05) is 20.7 Å². The third-order valence-electron chi connectivity index (χ3n) is 3.36. The first kappa shape index (κ1) is 16.4. The maximum atomic E-state index is 5.16. The zero-order valence-electron chi connectivity index (χ0n) is 13.1. The van der Waals surface area contributed by atoms with Crippen molar-refractivity contribution in [3.8, 4) is 5.75 Å². The third kappa shape index (κ3) is 5.41. The highest BCUT2D eigenvalue weighted by molar-refractivity contribution is 7.07. The van der Waals surface area contributed by atoms with Gasteiger partial charge in [-0.15, -0.1) is 0 Å². The minimum atomic E-state index is 0.807. The van der Waals surface area contributed by atoms with Crippen LogP contribution in [0.5, 0.6) is 5.75 Å². The molecule has 0 aliphatic rings. The van der Waals surface area contributed by atoms with E-state index in [0.717, 1.165) is 37.6 Å². The Morgan fingerprint density at radius 1 is 1.14 bits per heavy atom. The van der Waals surface area contributed by atoms with Crippen molar-refractivity contribution in [1.29, 1.82) is 0 Å². The molecular weight excluding hydrogens is 294 g/mol. The van der Waals surface area contributed by atoms with Crippen LogP contribution in [0.25, 0.3) is 0 Å². The first-order valence-electron chi connectivity index (χ1n) is 7.40. The number of benzene rings is 1. The van der Waals surface area contributed by atoms with Crippen LogP contribution in [-0.4, -0.2) is 26.7 Å². The van der Waals surface area contributed by atoms with Crippen molar-refractivity contribution in [2.24, 2.45) is 4.99 Å². The van der Waals surface area contributed by atoms with Crippen LogP contribution in [0.3, 0.4) is 0 Å². The highest BCUT2D eigenvalue weighted by Crippen LogP contribution is 2.12. The van der Waals surface area contributed by atoms with E-state index in [-0.39, 0.29) is 0 Å². The molecule has 0 unspecified atom stereocenters. The van der Waals surface area contributed by atoms with E-state index in [2.05, 4.69) is 44.6 Å². The van der Waals surface area contributed by atoms with E-state index in [4.69, 9.17) is 4.74 Å². The topological polar surface area (TPSA) is 45.7 Å². The molecule has 22 heavy (non-hydrogen) atoms. The molecule has 0 saturated carbocycles. The molecule has 0 spiro atoms. The number of thiophene rings is 1. The molecule has 2 rings (SSSR count). The summed E-state index contributed by atoms with van der Waals surface area (Å²) in [4.78, 5) is 4.24. The normalized spacial score (nSPS) is 11.3. The molecule has 0 saturated heterocycles. The van der Waals surface area contributed by atoms with Gasteiger partial charge in [-0.25, -0.2) is 0 Å². The second kappa shape index (κ2) is 9.10. The molecule has 1 heterocycles. The van der Waals surface area contributed by atoms with Crippen molar-refractivity contribution >= 4 is 17.3 Å². The SMILES string of the molecule is CN=C(NCCCc1ccc(OC)cc1)NCc1ccsc1. The molecule has 1 aromatic heterocycles. The van der Waals surface area contributed by atoms with Gasteiger partial charge < -0.3 is 15.4 Å². The van der Waals surface area contributed by atoms with Gasteiger partial charge in [0.15, 0.2) is 5.96 Å². The number of nitrogens with zero attached hydrogens (tertiary/aromatic N) is 1.